The third-order valence-electron chi connectivity index (χ3n) is 2.37. The van der Waals surface area contributed by atoms with Crippen LogP contribution in [0.4, 0.5) is 11.5 Å². The van der Waals surface area contributed by atoms with Gasteiger partial charge in [0.25, 0.3) is 0 Å². The first-order chi connectivity index (χ1) is 7.94. The standard InChI is InChI=1S/C11H18BrN3O2/c1-11(16,3-4-17-2)7-15-10-9(13)5-8(12)6-14-10/h5-6,16H,3-4,7,13H2,1-2H3,(H,14,15). The molecular formula is C11H18BrN3O2. The van der Waals surface area contributed by atoms with Crippen molar-refractivity contribution in [3.05, 3.63) is 16.7 Å². The van der Waals surface area contributed by atoms with Gasteiger partial charge in [-0.1, -0.05) is 0 Å². The minimum Gasteiger partial charge on any atom is -0.396 e. The third-order valence-corrected chi connectivity index (χ3v) is 2.80. The number of pyridine rings is 1. The van der Waals surface area contributed by atoms with Crippen molar-refractivity contribution < 1.29 is 9.84 Å². The molecule has 1 heterocycles. The van der Waals surface area contributed by atoms with E-state index < -0.39 is 5.60 Å². The molecule has 0 radical (unpaired) electrons. The summed E-state index contributed by atoms with van der Waals surface area (Å²) in [5.74, 6) is 0.575. The maximum Gasteiger partial charge on any atom is 0.149 e. The number of hydrogen-bond donors (Lipinski definition) is 3. The molecule has 0 aliphatic heterocycles. The highest BCUT2D eigenvalue weighted by molar-refractivity contribution is 9.10. The van der Waals surface area contributed by atoms with Crippen LogP contribution in [0.2, 0.25) is 0 Å². The number of halogens is 1. The Morgan fingerprint density at radius 1 is 1.65 bits per heavy atom. The van der Waals surface area contributed by atoms with E-state index in [0.29, 0.717) is 31.1 Å². The molecule has 4 N–H and O–H groups in total. The summed E-state index contributed by atoms with van der Waals surface area (Å²) < 4.78 is 5.76. The highest BCUT2D eigenvalue weighted by Gasteiger charge is 2.20. The molecular weight excluding hydrogens is 286 g/mol. The number of methoxy groups -OCH3 is 1. The number of nitrogens with one attached hydrogen (secondary N) is 1. The van der Waals surface area contributed by atoms with Crippen molar-refractivity contribution in [3.8, 4) is 0 Å². The molecule has 1 aromatic heterocycles. The molecule has 1 unspecified atom stereocenters. The Hall–Kier alpha value is -0.850. The Labute approximate surface area is 110 Å². The van der Waals surface area contributed by atoms with E-state index in [1.807, 2.05) is 0 Å². The van der Waals surface area contributed by atoms with Crippen LogP contribution in [0.5, 0.6) is 0 Å². The number of ether oxygens (including phenoxy) is 1. The lowest BCUT2D eigenvalue weighted by Gasteiger charge is -2.23. The number of anilines is 2. The Kier molecular flexibility index (Phi) is 5.17. The van der Waals surface area contributed by atoms with Gasteiger partial charge >= 0.3 is 0 Å². The quantitative estimate of drug-likeness (QED) is 0.744. The summed E-state index contributed by atoms with van der Waals surface area (Å²) >= 11 is 3.28. The van der Waals surface area contributed by atoms with Crippen molar-refractivity contribution in [2.24, 2.45) is 0 Å². The summed E-state index contributed by atoms with van der Waals surface area (Å²) in [6, 6.07) is 1.76. The van der Waals surface area contributed by atoms with Gasteiger partial charge in [-0.25, -0.2) is 4.98 Å². The van der Waals surface area contributed by atoms with Crippen molar-refractivity contribution in [1.82, 2.24) is 4.98 Å². The molecule has 0 saturated heterocycles. The highest BCUT2D eigenvalue weighted by atomic mass is 79.9. The summed E-state index contributed by atoms with van der Waals surface area (Å²) in [4.78, 5) is 4.14. The summed E-state index contributed by atoms with van der Waals surface area (Å²) in [6.07, 6.45) is 2.20. The molecule has 0 saturated carbocycles. The van der Waals surface area contributed by atoms with E-state index in [1.165, 1.54) is 0 Å². The molecule has 1 atom stereocenters. The molecule has 5 nitrogen and oxygen atoms in total. The monoisotopic (exact) mass is 303 g/mol. The van der Waals surface area contributed by atoms with E-state index >= 15 is 0 Å². The van der Waals surface area contributed by atoms with Crippen LogP contribution in [0.15, 0.2) is 16.7 Å². The summed E-state index contributed by atoms with van der Waals surface area (Å²) in [5, 5.41) is 13.1. The normalized spacial score (nSPS) is 14.4. The maximum atomic E-state index is 10.0. The first-order valence-electron chi connectivity index (χ1n) is 5.31. The van der Waals surface area contributed by atoms with E-state index in [2.05, 4.69) is 26.2 Å². The Balaban J connectivity index is 2.54. The Morgan fingerprint density at radius 2 is 2.35 bits per heavy atom. The van der Waals surface area contributed by atoms with Crippen LogP contribution >= 0.6 is 15.9 Å². The van der Waals surface area contributed by atoms with Gasteiger partial charge in [-0.2, -0.15) is 0 Å². The molecule has 1 rings (SSSR count). The van der Waals surface area contributed by atoms with Crippen molar-refractivity contribution in [2.45, 2.75) is 18.9 Å². The Bertz CT molecular complexity index is 372. The van der Waals surface area contributed by atoms with Gasteiger partial charge in [0.1, 0.15) is 5.82 Å². The average Bonchev–Trinajstić information content (AvgIpc) is 2.25. The zero-order chi connectivity index (χ0) is 12.9. The fourth-order valence-corrected chi connectivity index (χ4v) is 1.64. The molecule has 0 aliphatic carbocycles. The van der Waals surface area contributed by atoms with Crippen molar-refractivity contribution >= 4 is 27.4 Å². The van der Waals surface area contributed by atoms with E-state index in [1.54, 1.807) is 26.3 Å². The number of nitrogen functional groups attached to an aromatic ring is 1. The largest absolute Gasteiger partial charge is 0.396 e. The number of rotatable bonds is 6. The SMILES string of the molecule is COCCC(C)(O)CNc1ncc(Br)cc1N. The van der Waals surface area contributed by atoms with Crippen LogP contribution in [0.25, 0.3) is 0 Å². The number of hydrogen-bond acceptors (Lipinski definition) is 5. The zero-order valence-corrected chi connectivity index (χ0v) is 11.6. The predicted molar refractivity (Wildman–Crippen MR) is 72.0 cm³/mol. The second-order valence-electron chi connectivity index (χ2n) is 4.18. The van der Waals surface area contributed by atoms with Crippen LogP contribution in [0.3, 0.4) is 0 Å². The smallest absolute Gasteiger partial charge is 0.149 e. The summed E-state index contributed by atoms with van der Waals surface area (Å²) in [6.45, 7) is 2.63. The molecule has 0 aromatic carbocycles. The van der Waals surface area contributed by atoms with Crippen LogP contribution in [-0.4, -0.2) is 36.0 Å². The van der Waals surface area contributed by atoms with E-state index in [-0.39, 0.29) is 0 Å². The van der Waals surface area contributed by atoms with E-state index in [0.717, 1.165) is 4.47 Å². The van der Waals surface area contributed by atoms with Crippen LogP contribution in [-0.2, 0) is 4.74 Å². The van der Waals surface area contributed by atoms with Crippen LogP contribution < -0.4 is 11.1 Å². The van der Waals surface area contributed by atoms with Gasteiger partial charge in [-0.15, -0.1) is 0 Å². The van der Waals surface area contributed by atoms with Crippen molar-refractivity contribution in [3.63, 3.8) is 0 Å². The fourth-order valence-electron chi connectivity index (χ4n) is 1.29. The lowest BCUT2D eigenvalue weighted by molar-refractivity contribution is 0.0357. The molecule has 1 aromatic rings. The topological polar surface area (TPSA) is 80.4 Å². The minimum absolute atomic E-state index is 0.370. The van der Waals surface area contributed by atoms with Crippen molar-refractivity contribution in [2.75, 3.05) is 31.3 Å². The number of nitrogens with two attached hydrogens (primary N) is 1. The fraction of sp³-hybridized carbons (Fsp3) is 0.545. The van der Waals surface area contributed by atoms with Crippen LogP contribution in [0.1, 0.15) is 13.3 Å². The number of aliphatic hydroxyl groups is 1. The Morgan fingerprint density at radius 3 is 2.94 bits per heavy atom. The van der Waals surface area contributed by atoms with Gasteiger partial charge in [0.2, 0.25) is 0 Å². The molecule has 6 heteroatoms. The first kappa shape index (κ1) is 14.2. The van der Waals surface area contributed by atoms with Gasteiger partial charge in [0.05, 0.1) is 11.3 Å². The average molecular weight is 304 g/mol. The van der Waals surface area contributed by atoms with Gasteiger partial charge < -0.3 is 20.9 Å². The van der Waals surface area contributed by atoms with E-state index in [4.69, 9.17) is 10.5 Å². The lowest BCUT2D eigenvalue weighted by Crippen LogP contribution is -2.35. The summed E-state index contributed by atoms with van der Waals surface area (Å²) in [5.41, 5.74) is 5.48. The molecule has 0 spiro atoms. The third kappa shape index (κ3) is 4.89. The second-order valence-corrected chi connectivity index (χ2v) is 5.10. The van der Waals surface area contributed by atoms with Crippen molar-refractivity contribution in [1.29, 1.82) is 0 Å². The second kappa shape index (κ2) is 6.18. The van der Waals surface area contributed by atoms with Gasteiger partial charge in [-0.3, -0.25) is 0 Å². The van der Waals surface area contributed by atoms with Crippen LogP contribution in [0, 0.1) is 0 Å². The van der Waals surface area contributed by atoms with Gasteiger partial charge in [-0.05, 0) is 28.9 Å². The first-order valence-corrected chi connectivity index (χ1v) is 6.10. The molecule has 0 amide bonds. The van der Waals surface area contributed by atoms with Gasteiger partial charge in [0, 0.05) is 37.4 Å². The van der Waals surface area contributed by atoms with Gasteiger partial charge in [0.15, 0.2) is 0 Å². The molecule has 0 fully saturated rings. The van der Waals surface area contributed by atoms with E-state index in [9.17, 15) is 5.11 Å². The molecule has 17 heavy (non-hydrogen) atoms. The summed E-state index contributed by atoms with van der Waals surface area (Å²) in [7, 11) is 1.61. The lowest BCUT2D eigenvalue weighted by atomic mass is 10.0. The number of aromatic nitrogens is 1. The highest BCUT2D eigenvalue weighted by Crippen LogP contribution is 2.20. The molecule has 0 bridgehead atoms. The molecule has 0 aliphatic rings. The maximum absolute atomic E-state index is 10.0. The minimum atomic E-state index is -0.850. The number of nitrogens with zero attached hydrogens (tertiary/aromatic N) is 1. The molecule has 96 valence electrons. The predicted octanol–water partition coefficient (Wildman–Crippen LogP) is 1.63. The zero-order valence-electron chi connectivity index (χ0n) is 10.0.